The molecule has 236 valence electrons. The second-order valence-corrected chi connectivity index (χ2v) is 11.6. The monoisotopic (exact) mass is 653 g/mol. The van der Waals surface area contributed by atoms with Crippen molar-refractivity contribution >= 4 is 39.4 Å². The fourth-order valence-electron chi connectivity index (χ4n) is 4.17. The molecule has 0 atom stereocenters. The third kappa shape index (κ3) is 8.16. The molecule has 0 aromatic heterocycles. The third-order valence-corrected chi connectivity index (χ3v) is 8.64. The molecule has 1 N–H and O–H groups in total. The van der Waals surface area contributed by atoms with Crippen LogP contribution in [0.4, 0.5) is 5.69 Å². The molecule has 0 heterocycles. The summed E-state index contributed by atoms with van der Waals surface area (Å²) >= 11 is 6.18. The number of hydrogen-bond acceptors (Lipinski definition) is 9. The summed E-state index contributed by atoms with van der Waals surface area (Å²) in [6.45, 7) is -0.323. The minimum Gasteiger partial charge on any atom is -0.497 e. The van der Waals surface area contributed by atoms with Crippen LogP contribution in [0.25, 0.3) is 0 Å². The topological polar surface area (TPSA) is 125 Å². The van der Waals surface area contributed by atoms with E-state index < -0.39 is 22.5 Å². The summed E-state index contributed by atoms with van der Waals surface area (Å²) in [6, 6.07) is 23.2. The molecule has 4 rings (SSSR count). The number of hydrazone groups is 1. The lowest BCUT2D eigenvalue weighted by Crippen LogP contribution is -2.39. The van der Waals surface area contributed by atoms with Crippen LogP contribution in [-0.2, 0) is 21.4 Å². The molecular formula is C32H32ClN3O8S. The van der Waals surface area contributed by atoms with E-state index in [1.807, 2.05) is 18.2 Å². The highest BCUT2D eigenvalue weighted by molar-refractivity contribution is 7.92. The molecule has 4 aromatic carbocycles. The van der Waals surface area contributed by atoms with E-state index in [9.17, 15) is 13.2 Å². The number of carbonyl (C=O) groups excluding carboxylic acids is 1. The van der Waals surface area contributed by atoms with Gasteiger partial charge in [-0.15, -0.1) is 0 Å². The summed E-state index contributed by atoms with van der Waals surface area (Å²) in [5.41, 5.74) is 4.01. The number of halogens is 1. The predicted octanol–water partition coefficient (Wildman–Crippen LogP) is 5.30. The highest BCUT2D eigenvalue weighted by atomic mass is 35.5. The summed E-state index contributed by atoms with van der Waals surface area (Å²) in [5.74, 6) is 1.02. The molecule has 11 nitrogen and oxygen atoms in total. The van der Waals surface area contributed by atoms with Gasteiger partial charge in [0, 0.05) is 22.7 Å². The Hall–Kier alpha value is -4.94. The minimum atomic E-state index is -4.35. The standard InChI is InChI=1S/C32H32ClN3O8S/c1-40-25-13-15-29(41-2)28(17-25)36(45(38,39)26-14-16-30(42-3)31(18-26)43-4)20-32(37)35-34-19-22-9-11-24(12-10-22)44-21-23-7-5-6-8-27(23)33/h5-19H,20-21H2,1-4H3,(H,35,37)/b34-19-. The number of sulfonamides is 1. The number of nitrogens with one attached hydrogen (secondary N) is 1. The molecular weight excluding hydrogens is 622 g/mol. The van der Waals surface area contributed by atoms with Gasteiger partial charge >= 0.3 is 0 Å². The Morgan fingerprint density at radius 2 is 1.49 bits per heavy atom. The SMILES string of the molecule is COc1ccc(OC)c(N(CC(=O)N/N=C\c2ccc(OCc3ccccc3Cl)cc2)S(=O)(=O)c2ccc(OC)c(OC)c2)c1. The zero-order valence-electron chi connectivity index (χ0n) is 25.0. The van der Waals surface area contributed by atoms with Crippen LogP contribution < -0.4 is 33.4 Å². The van der Waals surface area contributed by atoms with E-state index in [0.717, 1.165) is 9.87 Å². The van der Waals surface area contributed by atoms with Gasteiger partial charge in [0.15, 0.2) is 11.5 Å². The Morgan fingerprint density at radius 3 is 2.16 bits per heavy atom. The molecule has 0 aliphatic rings. The lowest BCUT2D eigenvalue weighted by Gasteiger charge is -2.26. The fourth-order valence-corrected chi connectivity index (χ4v) is 5.80. The van der Waals surface area contributed by atoms with E-state index in [0.29, 0.717) is 34.4 Å². The van der Waals surface area contributed by atoms with Gasteiger partial charge in [-0.2, -0.15) is 5.10 Å². The van der Waals surface area contributed by atoms with Crippen LogP contribution in [-0.4, -0.2) is 55.5 Å². The van der Waals surface area contributed by atoms with Gasteiger partial charge in [-0.3, -0.25) is 9.10 Å². The van der Waals surface area contributed by atoms with Crippen LogP contribution >= 0.6 is 11.6 Å². The Kier molecular flexibility index (Phi) is 11.1. The van der Waals surface area contributed by atoms with Crippen LogP contribution in [0.1, 0.15) is 11.1 Å². The minimum absolute atomic E-state index is 0.0816. The Balaban J connectivity index is 1.52. The summed E-state index contributed by atoms with van der Waals surface area (Å²) in [4.78, 5) is 13.0. The van der Waals surface area contributed by atoms with Gasteiger partial charge in [0.25, 0.3) is 15.9 Å². The van der Waals surface area contributed by atoms with Gasteiger partial charge in [0.2, 0.25) is 0 Å². The van der Waals surface area contributed by atoms with E-state index >= 15 is 0 Å². The van der Waals surface area contributed by atoms with Crippen molar-refractivity contribution in [2.24, 2.45) is 5.10 Å². The zero-order valence-corrected chi connectivity index (χ0v) is 26.6. The van der Waals surface area contributed by atoms with E-state index in [2.05, 4.69) is 10.5 Å². The molecule has 0 unspecified atom stereocenters. The van der Waals surface area contributed by atoms with Crippen molar-refractivity contribution in [1.82, 2.24) is 5.43 Å². The van der Waals surface area contributed by atoms with Crippen molar-refractivity contribution in [3.05, 3.63) is 101 Å². The number of hydrogen-bond donors (Lipinski definition) is 1. The molecule has 0 saturated heterocycles. The number of benzene rings is 4. The van der Waals surface area contributed by atoms with Gasteiger partial charge in [-0.25, -0.2) is 13.8 Å². The Bertz CT molecular complexity index is 1760. The average molecular weight is 654 g/mol. The first-order valence-corrected chi connectivity index (χ1v) is 15.3. The summed E-state index contributed by atoms with van der Waals surface area (Å²) < 4.78 is 56.0. The lowest BCUT2D eigenvalue weighted by molar-refractivity contribution is -0.119. The first-order valence-electron chi connectivity index (χ1n) is 13.4. The molecule has 0 aliphatic carbocycles. The van der Waals surface area contributed by atoms with Gasteiger partial charge in [-0.05, 0) is 60.2 Å². The van der Waals surface area contributed by atoms with Crippen LogP contribution in [0, 0.1) is 0 Å². The molecule has 4 aromatic rings. The van der Waals surface area contributed by atoms with Crippen molar-refractivity contribution in [3.8, 4) is 28.7 Å². The smallest absolute Gasteiger partial charge is 0.265 e. The molecule has 13 heteroatoms. The molecule has 0 fully saturated rings. The quantitative estimate of drug-likeness (QED) is 0.144. The molecule has 0 aliphatic heterocycles. The lowest BCUT2D eigenvalue weighted by atomic mass is 10.2. The average Bonchev–Trinajstić information content (AvgIpc) is 3.06. The summed E-state index contributed by atoms with van der Waals surface area (Å²) in [5, 5.41) is 4.63. The van der Waals surface area contributed by atoms with Crippen LogP contribution in [0.5, 0.6) is 28.7 Å². The summed E-state index contributed by atoms with van der Waals surface area (Å²) in [6.07, 6.45) is 1.43. The van der Waals surface area contributed by atoms with Gasteiger partial charge < -0.3 is 23.7 Å². The van der Waals surface area contributed by atoms with E-state index in [1.165, 1.54) is 58.9 Å². The molecule has 45 heavy (non-hydrogen) atoms. The number of amides is 1. The molecule has 0 bridgehead atoms. The molecule has 0 radical (unpaired) electrons. The molecule has 0 spiro atoms. The second-order valence-electron chi connectivity index (χ2n) is 9.31. The first-order chi connectivity index (χ1) is 21.7. The zero-order chi connectivity index (χ0) is 32.4. The number of anilines is 1. The van der Waals surface area contributed by atoms with E-state index in [1.54, 1.807) is 42.5 Å². The molecule has 1 amide bonds. The highest BCUT2D eigenvalue weighted by Crippen LogP contribution is 2.37. The van der Waals surface area contributed by atoms with Crippen LogP contribution in [0.15, 0.2) is 94.9 Å². The maximum atomic E-state index is 14.0. The van der Waals surface area contributed by atoms with Crippen molar-refractivity contribution in [2.75, 3.05) is 39.3 Å². The number of ether oxygens (including phenoxy) is 5. The summed E-state index contributed by atoms with van der Waals surface area (Å²) in [7, 11) is 1.32. The van der Waals surface area contributed by atoms with Gasteiger partial charge in [-0.1, -0.05) is 29.8 Å². The number of carbonyl (C=O) groups is 1. The van der Waals surface area contributed by atoms with Crippen molar-refractivity contribution < 1.29 is 36.9 Å². The fraction of sp³-hybridized carbons (Fsp3) is 0.188. The van der Waals surface area contributed by atoms with Crippen LogP contribution in [0.2, 0.25) is 5.02 Å². The van der Waals surface area contributed by atoms with Crippen LogP contribution in [0.3, 0.4) is 0 Å². The van der Waals surface area contributed by atoms with E-state index in [4.69, 9.17) is 35.3 Å². The number of methoxy groups -OCH3 is 4. The first kappa shape index (κ1) is 33.0. The number of nitrogens with zero attached hydrogens (tertiary/aromatic N) is 2. The van der Waals surface area contributed by atoms with Crippen molar-refractivity contribution in [3.63, 3.8) is 0 Å². The number of rotatable bonds is 14. The third-order valence-electron chi connectivity index (χ3n) is 6.52. The second kappa shape index (κ2) is 15.2. The van der Waals surface area contributed by atoms with Crippen molar-refractivity contribution in [2.45, 2.75) is 11.5 Å². The van der Waals surface area contributed by atoms with E-state index in [-0.39, 0.29) is 22.1 Å². The van der Waals surface area contributed by atoms with Gasteiger partial charge in [0.1, 0.15) is 30.4 Å². The largest absolute Gasteiger partial charge is 0.497 e. The maximum Gasteiger partial charge on any atom is 0.265 e. The van der Waals surface area contributed by atoms with Crippen molar-refractivity contribution in [1.29, 1.82) is 0 Å². The maximum absolute atomic E-state index is 14.0. The normalized spacial score (nSPS) is 11.1. The highest BCUT2D eigenvalue weighted by Gasteiger charge is 2.31. The molecule has 0 saturated carbocycles. The Labute approximate surface area is 266 Å². The Morgan fingerprint density at radius 1 is 0.822 bits per heavy atom. The predicted molar refractivity (Wildman–Crippen MR) is 172 cm³/mol. The van der Waals surface area contributed by atoms with Gasteiger partial charge in [0.05, 0.1) is 45.2 Å².